The summed E-state index contributed by atoms with van der Waals surface area (Å²) in [5.41, 5.74) is 6.97. The van der Waals surface area contributed by atoms with Crippen LogP contribution in [0.1, 0.15) is 20.8 Å². The van der Waals surface area contributed by atoms with Crippen molar-refractivity contribution in [2.24, 2.45) is 5.41 Å². The monoisotopic (exact) mass is 279 g/mol. The lowest BCUT2D eigenvalue weighted by atomic mass is 9.99. The molecule has 0 aliphatic carbocycles. The number of nitrogens with two attached hydrogens (primary N) is 1. The van der Waals surface area contributed by atoms with Gasteiger partial charge in [-0.15, -0.1) is 0 Å². The summed E-state index contributed by atoms with van der Waals surface area (Å²) in [4.78, 5) is 12.2. The lowest BCUT2D eigenvalue weighted by molar-refractivity contribution is 0.000903. The van der Waals surface area contributed by atoms with Crippen molar-refractivity contribution in [3.63, 3.8) is 0 Å². The molecule has 20 heavy (non-hydrogen) atoms. The van der Waals surface area contributed by atoms with E-state index in [4.69, 9.17) is 10.5 Å². The Balaban J connectivity index is 1.96. The first-order valence-electron chi connectivity index (χ1n) is 6.54. The Labute approximate surface area is 117 Å². The maximum absolute atomic E-state index is 10.00. The minimum absolute atomic E-state index is 0.0864. The van der Waals surface area contributed by atoms with E-state index >= 15 is 0 Å². The van der Waals surface area contributed by atoms with Crippen LogP contribution in [0.5, 0.6) is 0 Å². The molecule has 0 amide bonds. The van der Waals surface area contributed by atoms with Gasteiger partial charge >= 0.3 is 0 Å². The highest BCUT2D eigenvalue weighted by atomic mass is 16.5. The molecular formula is C13H21N5O2. The number of anilines is 1. The van der Waals surface area contributed by atoms with E-state index in [0.29, 0.717) is 30.1 Å². The number of aliphatic hydroxyl groups is 1. The summed E-state index contributed by atoms with van der Waals surface area (Å²) >= 11 is 0. The number of fused-ring (bicyclic) bond motifs is 1. The second-order valence-corrected chi connectivity index (χ2v) is 6.06. The molecule has 0 spiro atoms. The fraction of sp³-hybridized carbons (Fsp3) is 0.615. The van der Waals surface area contributed by atoms with Crippen LogP contribution in [0.3, 0.4) is 0 Å². The van der Waals surface area contributed by atoms with Crippen molar-refractivity contribution in [2.75, 3.05) is 18.9 Å². The van der Waals surface area contributed by atoms with E-state index in [-0.39, 0.29) is 12.0 Å². The van der Waals surface area contributed by atoms with Gasteiger partial charge in [0.05, 0.1) is 32.2 Å². The molecule has 7 heteroatoms. The maximum Gasteiger partial charge on any atom is 0.165 e. The number of aliphatic hydroxyl groups excluding tert-OH is 1. The van der Waals surface area contributed by atoms with Crippen molar-refractivity contribution >= 4 is 17.0 Å². The zero-order chi connectivity index (χ0) is 14.8. The third-order valence-corrected chi connectivity index (χ3v) is 2.68. The molecule has 0 aromatic carbocycles. The SMILES string of the molecule is CC(C)(C)COCC(O)Cn1cnc2c(N)ncnc21. The van der Waals surface area contributed by atoms with Crippen LogP contribution in [0, 0.1) is 5.41 Å². The largest absolute Gasteiger partial charge is 0.389 e. The summed E-state index contributed by atoms with van der Waals surface area (Å²) in [5, 5.41) is 10.00. The lowest BCUT2D eigenvalue weighted by Crippen LogP contribution is -2.25. The van der Waals surface area contributed by atoms with Crippen LogP contribution in [0.2, 0.25) is 0 Å². The summed E-state index contributed by atoms with van der Waals surface area (Å²) < 4.78 is 7.25. The van der Waals surface area contributed by atoms with Crippen molar-refractivity contribution in [1.82, 2.24) is 19.5 Å². The van der Waals surface area contributed by atoms with Gasteiger partial charge in [-0.25, -0.2) is 15.0 Å². The lowest BCUT2D eigenvalue weighted by Gasteiger charge is -2.19. The van der Waals surface area contributed by atoms with Gasteiger partial charge in [-0.1, -0.05) is 20.8 Å². The minimum Gasteiger partial charge on any atom is -0.389 e. The molecule has 2 heterocycles. The fourth-order valence-corrected chi connectivity index (χ4v) is 1.81. The molecule has 3 N–H and O–H groups in total. The predicted octanol–water partition coefficient (Wildman–Crippen LogP) is 0.832. The van der Waals surface area contributed by atoms with Crippen molar-refractivity contribution in [3.05, 3.63) is 12.7 Å². The molecule has 0 aliphatic rings. The van der Waals surface area contributed by atoms with Crippen molar-refractivity contribution < 1.29 is 9.84 Å². The average Bonchev–Trinajstić information content (AvgIpc) is 2.72. The highest BCUT2D eigenvalue weighted by Gasteiger charge is 2.14. The van der Waals surface area contributed by atoms with Gasteiger partial charge < -0.3 is 20.1 Å². The molecule has 2 aromatic heterocycles. The first-order valence-corrected chi connectivity index (χ1v) is 6.54. The van der Waals surface area contributed by atoms with E-state index in [1.54, 1.807) is 10.9 Å². The number of hydrogen-bond acceptors (Lipinski definition) is 6. The van der Waals surface area contributed by atoms with Gasteiger partial charge in [0.25, 0.3) is 0 Å². The Bertz CT molecular complexity index is 576. The van der Waals surface area contributed by atoms with Crippen LogP contribution < -0.4 is 5.73 Å². The molecular weight excluding hydrogens is 258 g/mol. The molecule has 7 nitrogen and oxygen atoms in total. The predicted molar refractivity (Wildman–Crippen MR) is 76.0 cm³/mol. The van der Waals surface area contributed by atoms with E-state index in [1.807, 2.05) is 0 Å². The molecule has 110 valence electrons. The molecule has 1 atom stereocenters. The fourth-order valence-electron chi connectivity index (χ4n) is 1.81. The summed E-state index contributed by atoms with van der Waals surface area (Å²) in [5.74, 6) is 0.340. The minimum atomic E-state index is -0.620. The van der Waals surface area contributed by atoms with Gasteiger partial charge in [-0.3, -0.25) is 0 Å². The molecule has 0 radical (unpaired) electrons. The normalized spacial score (nSPS) is 13.8. The van der Waals surface area contributed by atoms with Crippen molar-refractivity contribution in [3.8, 4) is 0 Å². The van der Waals surface area contributed by atoms with Gasteiger partial charge in [0.15, 0.2) is 11.5 Å². The van der Waals surface area contributed by atoms with Crippen LogP contribution in [0.15, 0.2) is 12.7 Å². The summed E-state index contributed by atoms with van der Waals surface area (Å²) in [6.07, 6.45) is 2.37. The third-order valence-electron chi connectivity index (χ3n) is 2.68. The molecule has 0 saturated heterocycles. The van der Waals surface area contributed by atoms with E-state index < -0.39 is 6.10 Å². The van der Waals surface area contributed by atoms with Crippen LogP contribution in [0.25, 0.3) is 11.2 Å². The molecule has 2 aromatic rings. The Hall–Kier alpha value is -1.73. The number of nitrogen functional groups attached to an aromatic ring is 1. The first kappa shape index (κ1) is 14.7. The zero-order valence-electron chi connectivity index (χ0n) is 12.1. The molecule has 0 fully saturated rings. The molecule has 0 saturated carbocycles. The summed E-state index contributed by atoms with van der Waals surface area (Å²) in [6, 6.07) is 0. The van der Waals surface area contributed by atoms with E-state index in [1.165, 1.54) is 6.33 Å². The molecule has 2 rings (SSSR count). The van der Waals surface area contributed by atoms with Crippen molar-refractivity contribution in [2.45, 2.75) is 33.4 Å². The summed E-state index contributed by atoms with van der Waals surface area (Å²) in [6.45, 7) is 7.49. The molecule has 1 unspecified atom stereocenters. The van der Waals surface area contributed by atoms with Crippen LogP contribution in [0.4, 0.5) is 5.82 Å². The van der Waals surface area contributed by atoms with Crippen LogP contribution in [-0.2, 0) is 11.3 Å². The van der Waals surface area contributed by atoms with Crippen LogP contribution >= 0.6 is 0 Å². The number of nitrogens with zero attached hydrogens (tertiary/aromatic N) is 4. The number of imidazole rings is 1. The quantitative estimate of drug-likeness (QED) is 0.841. The van der Waals surface area contributed by atoms with E-state index in [9.17, 15) is 5.11 Å². The highest BCUT2D eigenvalue weighted by molar-refractivity contribution is 5.81. The Morgan fingerprint density at radius 2 is 2.10 bits per heavy atom. The standard InChI is InChI=1S/C13H21N5O2/c1-13(2,3)6-20-5-9(19)4-18-8-17-10-11(14)15-7-16-12(10)18/h7-9,19H,4-6H2,1-3H3,(H2,14,15,16). The molecule has 0 aliphatic heterocycles. The number of ether oxygens (including phenoxy) is 1. The Morgan fingerprint density at radius 3 is 2.80 bits per heavy atom. The highest BCUT2D eigenvalue weighted by Crippen LogP contribution is 2.15. The van der Waals surface area contributed by atoms with Gasteiger partial charge in [0.2, 0.25) is 0 Å². The smallest absolute Gasteiger partial charge is 0.165 e. The van der Waals surface area contributed by atoms with E-state index in [0.717, 1.165) is 0 Å². The van der Waals surface area contributed by atoms with E-state index in [2.05, 4.69) is 35.7 Å². The zero-order valence-corrected chi connectivity index (χ0v) is 12.1. The van der Waals surface area contributed by atoms with Gasteiger partial charge in [-0.05, 0) is 5.41 Å². The second-order valence-electron chi connectivity index (χ2n) is 6.06. The van der Waals surface area contributed by atoms with Gasteiger partial charge in [0, 0.05) is 0 Å². The Kier molecular flexibility index (Phi) is 4.20. The maximum atomic E-state index is 10.00. The van der Waals surface area contributed by atoms with Gasteiger partial charge in [0.1, 0.15) is 11.8 Å². The number of rotatable bonds is 5. The first-order chi connectivity index (χ1) is 9.37. The second kappa shape index (κ2) is 5.72. The number of aromatic nitrogens is 4. The topological polar surface area (TPSA) is 99.1 Å². The summed E-state index contributed by atoms with van der Waals surface area (Å²) in [7, 11) is 0. The average molecular weight is 279 g/mol. The van der Waals surface area contributed by atoms with Gasteiger partial charge in [-0.2, -0.15) is 0 Å². The number of hydrogen-bond donors (Lipinski definition) is 2. The molecule has 0 bridgehead atoms. The van der Waals surface area contributed by atoms with Crippen molar-refractivity contribution in [1.29, 1.82) is 0 Å². The van der Waals surface area contributed by atoms with Crippen LogP contribution in [-0.4, -0.2) is 43.9 Å². The third kappa shape index (κ3) is 3.64. The Morgan fingerprint density at radius 1 is 1.35 bits per heavy atom.